The largest absolute Gasteiger partial charge is 0.389 e. The maximum absolute atomic E-state index is 10.4. The Morgan fingerprint density at radius 1 is 1.17 bits per heavy atom. The predicted molar refractivity (Wildman–Crippen MR) is 96.1 cm³/mol. The van der Waals surface area contributed by atoms with Crippen molar-refractivity contribution in [2.45, 2.75) is 71.2 Å². The van der Waals surface area contributed by atoms with Crippen LogP contribution in [0.1, 0.15) is 52.9 Å². The lowest BCUT2D eigenvalue weighted by molar-refractivity contribution is 0.164. The van der Waals surface area contributed by atoms with Crippen molar-refractivity contribution in [2.24, 2.45) is 5.92 Å². The lowest BCUT2D eigenvalue weighted by atomic mass is 9.87. The zero-order chi connectivity index (χ0) is 17.6. The van der Waals surface area contributed by atoms with Crippen LogP contribution in [0.2, 0.25) is 0 Å². The topological polar surface area (TPSA) is 60.7 Å². The first-order valence-corrected chi connectivity index (χ1v) is 8.42. The molecule has 130 valence electrons. The van der Waals surface area contributed by atoms with Crippen molar-refractivity contribution >= 4 is 0 Å². The zero-order valence-electron chi connectivity index (χ0n) is 14.8. The molecule has 4 atom stereocenters. The number of rotatable bonds is 1. The molecule has 0 amide bonds. The second kappa shape index (κ2) is 9.21. The van der Waals surface area contributed by atoms with Gasteiger partial charge >= 0.3 is 0 Å². The lowest BCUT2D eigenvalue weighted by Crippen LogP contribution is -2.19. The third-order valence-corrected chi connectivity index (χ3v) is 4.69. The smallest absolute Gasteiger partial charge is 0.0762 e. The average molecular weight is 320 g/mol. The minimum absolute atomic E-state index is 0.211. The molecule has 0 heterocycles. The van der Waals surface area contributed by atoms with Crippen LogP contribution in [0.4, 0.5) is 0 Å². The molecule has 1 aliphatic rings. The Labute approximate surface area is 140 Å². The molecule has 3 heteroatoms. The van der Waals surface area contributed by atoms with Crippen LogP contribution in [-0.4, -0.2) is 33.6 Å². The molecule has 0 aliphatic heterocycles. The maximum atomic E-state index is 10.4. The molecule has 3 N–H and O–H groups in total. The Morgan fingerprint density at radius 2 is 1.83 bits per heavy atom. The van der Waals surface area contributed by atoms with Crippen molar-refractivity contribution < 1.29 is 15.3 Å². The number of aliphatic hydroxyl groups is 3. The van der Waals surface area contributed by atoms with Crippen LogP contribution in [0, 0.1) is 5.92 Å². The number of allylic oxidation sites excluding steroid dienone is 3. The summed E-state index contributed by atoms with van der Waals surface area (Å²) in [5.41, 5.74) is 3.67. The van der Waals surface area contributed by atoms with Crippen LogP contribution in [0.3, 0.4) is 0 Å². The Hall–Kier alpha value is -1.16. The van der Waals surface area contributed by atoms with Gasteiger partial charge in [-0.3, -0.25) is 0 Å². The van der Waals surface area contributed by atoms with Gasteiger partial charge in [0.25, 0.3) is 0 Å². The van der Waals surface area contributed by atoms with Crippen LogP contribution >= 0.6 is 0 Å². The van der Waals surface area contributed by atoms with Crippen molar-refractivity contribution in [3.05, 3.63) is 47.6 Å². The fourth-order valence-electron chi connectivity index (χ4n) is 2.85. The molecule has 0 aromatic heterocycles. The van der Waals surface area contributed by atoms with Gasteiger partial charge in [0, 0.05) is 6.42 Å². The summed E-state index contributed by atoms with van der Waals surface area (Å²) in [6, 6.07) is 0. The molecule has 0 saturated carbocycles. The van der Waals surface area contributed by atoms with E-state index in [9.17, 15) is 15.3 Å². The third-order valence-electron chi connectivity index (χ3n) is 4.69. The van der Waals surface area contributed by atoms with Gasteiger partial charge in [-0.15, -0.1) is 0 Å². The summed E-state index contributed by atoms with van der Waals surface area (Å²) >= 11 is 0. The second-order valence-electron chi connectivity index (χ2n) is 6.98. The Kier molecular flexibility index (Phi) is 7.97. The molecular weight excluding hydrogens is 288 g/mol. The highest BCUT2D eigenvalue weighted by molar-refractivity contribution is 5.15. The van der Waals surface area contributed by atoms with Crippen LogP contribution in [0.5, 0.6) is 0 Å². The summed E-state index contributed by atoms with van der Waals surface area (Å²) in [4.78, 5) is 0. The standard InChI is InChI=1S/C20H32O3/c1-13(2)17-8-6-14(3)7-9-19(22)15(4)10-18(21)11-16(5)20(23)12-17/h6,11,17-23H,1,4,7-10,12H2,2-3,5H3. The first kappa shape index (κ1) is 19.9. The van der Waals surface area contributed by atoms with E-state index in [1.165, 1.54) is 5.57 Å². The molecule has 0 bridgehead atoms. The van der Waals surface area contributed by atoms with Gasteiger partial charge in [0.05, 0.1) is 18.3 Å². The van der Waals surface area contributed by atoms with Gasteiger partial charge in [-0.05, 0) is 63.5 Å². The van der Waals surface area contributed by atoms with E-state index in [0.29, 0.717) is 24.8 Å². The Bertz CT molecular complexity index is 487. The summed E-state index contributed by atoms with van der Waals surface area (Å²) in [5.74, 6) is 0.211. The SMILES string of the molecule is C=C1CC(O)C=C(C)C(O)CC(C(=C)C)CC=C(C)CCC1O. The summed E-state index contributed by atoms with van der Waals surface area (Å²) in [5, 5.41) is 30.7. The first-order chi connectivity index (χ1) is 10.7. The van der Waals surface area contributed by atoms with Gasteiger partial charge in [-0.25, -0.2) is 0 Å². The maximum Gasteiger partial charge on any atom is 0.0762 e. The molecule has 0 aromatic carbocycles. The van der Waals surface area contributed by atoms with E-state index in [1.807, 2.05) is 13.8 Å². The Morgan fingerprint density at radius 3 is 2.43 bits per heavy atom. The van der Waals surface area contributed by atoms with Crippen molar-refractivity contribution in [2.75, 3.05) is 0 Å². The van der Waals surface area contributed by atoms with Crippen molar-refractivity contribution in [1.82, 2.24) is 0 Å². The molecule has 0 radical (unpaired) electrons. The highest BCUT2D eigenvalue weighted by atomic mass is 16.3. The van der Waals surface area contributed by atoms with Crippen molar-refractivity contribution in [3.8, 4) is 0 Å². The monoisotopic (exact) mass is 320 g/mol. The molecule has 0 saturated heterocycles. The molecule has 23 heavy (non-hydrogen) atoms. The number of hydrogen-bond donors (Lipinski definition) is 3. The summed E-state index contributed by atoms with van der Waals surface area (Å²) in [6.45, 7) is 13.8. The normalized spacial score (nSPS) is 31.8. The summed E-state index contributed by atoms with van der Waals surface area (Å²) in [6.07, 6.45) is 5.11. The molecule has 0 fully saturated rings. The summed E-state index contributed by atoms with van der Waals surface area (Å²) < 4.78 is 0. The van der Waals surface area contributed by atoms with Crippen LogP contribution in [-0.2, 0) is 0 Å². The first-order valence-electron chi connectivity index (χ1n) is 8.42. The number of aliphatic hydroxyl groups excluding tert-OH is 3. The minimum atomic E-state index is -0.727. The Balaban J connectivity index is 3.00. The molecule has 1 rings (SSSR count). The van der Waals surface area contributed by atoms with E-state index in [4.69, 9.17) is 0 Å². The van der Waals surface area contributed by atoms with Crippen LogP contribution in [0.25, 0.3) is 0 Å². The molecule has 0 aromatic rings. The molecule has 0 spiro atoms. The van der Waals surface area contributed by atoms with Gasteiger partial charge in [0.2, 0.25) is 0 Å². The molecule has 1 aliphatic carbocycles. The predicted octanol–water partition coefficient (Wildman–Crippen LogP) is 3.67. The molecule has 3 nitrogen and oxygen atoms in total. The zero-order valence-corrected chi connectivity index (χ0v) is 14.8. The van der Waals surface area contributed by atoms with Gasteiger partial charge < -0.3 is 15.3 Å². The van der Waals surface area contributed by atoms with E-state index >= 15 is 0 Å². The van der Waals surface area contributed by atoms with Gasteiger partial charge in [-0.1, -0.05) is 36.5 Å². The minimum Gasteiger partial charge on any atom is -0.389 e. The van der Waals surface area contributed by atoms with Gasteiger partial charge in [0.15, 0.2) is 0 Å². The van der Waals surface area contributed by atoms with E-state index in [2.05, 4.69) is 26.2 Å². The fourth-order valence-corrected chi connectivity index (χ4v) is 2.85. The van der Waals surface area contributed by atoms with E-state index in [0.717, 1.165) is 24.0 Å². The molecule has 4 unspecified atom stereocenters. The van der Waals surface area contributed by atoms with E-state index in [1.54, 1.807) is 6.08 Å². The highest BCUT2D eigenvalue weighted by Gasteiger charge is 2.19. The fraction of sp³-hybridized carbons (Fsp3) is 0.600. The van der Waals surface area contributed by atoms with Gasteiger partial charge in [0.1, 0.15) is 0 Å². The second-order valence-corrected chi connectivity index (χ2v) is 6.98. The summed E-state index contributed by atoms with van der Waals surface area (Å²) in [7, 11) is 0. The van der Waals surface area contributed by atoms with E-state index < -0.39 is 18.3 Å². The van der Waals surface area contributed by atoms with Gasteiger partial charge in [-0.2, -0.15) is 0 Å². The van der Waals surface area contributed by atoms with Crippen LogP contribution in [0.15, 0.2) is 47.6 Å². The highest BCUT2D eigenvalue weighted by Crippen LogP contribution is 2.26. The average Bonchev–Trinajstić information content (AvgIpc) is 2.46. The van der Waals surface area contributed by atoms with Crippen LogP contribution < -0.4 is 0 Å². The van der Waals surface area contributed by atoms with Crippen molar-refractivity contribution in [1.29, 1.82) is 0 Å². The van der Waals surface area contributed by atoms with E-state index in [-0.39, 0.29) is 5.92 Å². The molecular formula is C20H32O3. The van der Waals surface area contributed by atoms with Crippen molar-refractivity contribution in [3.63, 3.8) is 0 Å². The lowest BCUT2D eigenvalue weighted by Gasteiger charge is -2.22. The third kappa shape index (κ3) is 6.86. The number of hydrogen-bond acceptors (Lipinski definition) is 3. The quantitative estimate of drug-likeness (QED) is 0.646.